The number of carbonyl (C=O) groups is 2. The first-order chi connectivity index (χ1) is 13.5. The number of hydrogen-bond donors (Lipinski definition) is 0. The molecule has 0 aliphatic carbocycles. The molecule has 0 amide bonds. The summed E-state index contributed by atoms with van der Waals surface area (Å²) in [6, 6.07) is 12.3. The van der Waals surface area contributed by atoms with Crippen LogP contribution in [-0.4, -0.2) is 38.7 Å². The highest BCUT2D eigenvalue weighted by Gasteiger charge is 2.24. The molecule has 3 rings (SSSR count). The van der Waals surface area contributed by atoms with Gasteiger partial charge in [0.2, 0.25) is 5.90 Å². The van der Waals surface area contributed by atoms with Gasteiger partial charge in [-0.1, -0.05) is 22.0 Å². The molecular formula is C20H16BrNO6. The second-order valence-electron chi connectivity index (χ2n) is 5.62. The average Bonchev–Trinajstić information content (AvgIpc) is 3.07. The van der Waals surface area contributed by atoms with Crippen LogP contribution in [0.15, 0.2) is 57.6 Å². The standard InChI is InChI=1S/C20H16BrNO6/c1-25-17-10-12(3-8-16(17)27-11-18(23)26-2)9-15-20(24)28-19(22-15)13-4-6-14(21)7-5-13/h3-10H,11H2,1-2H3/b15-9-. The third kappa shape index (κ3) is 4.58. The minimum Gasteiger partial charge on any atom is -0.493 e. The van der Waals surface area contributed by atoms with Gasteiger partial charge in [-0.25, -0.2) is 14.6 Å². The number of nitrogens with zero attached hydrogens (tertiary/aromatic N) is 1. The Morgan fingerprint density at radius 1 is 1.14 bits per heavy atom. The Morgan fingerprint density at radius 3 is 2.57 bits per heavy atom. The fraction of sp³-hybridized carbons (Fsp3) is 0.150. The van der Waals surface area contributed by atoms with Crippen molar-refractivity contribution in [3.05, 3.63) is 63.8 Å². The minimum atomic E-state index is -0.539. The van der Waals surface area contributed by atoms with Crippen molar-refractivity contribution in [2.75, 3.05) is 20.8 Å². The lowest BCUT2D eigenvalue weighted by atomic mass is 10.1. The normalized spacial score (nSPS) is 14.5. The molecule has 2 aromatic carbocycles. The van der Waals surface area contributed by atoms with Crippen LogP contribution in [0.2, 0.25) is 0 Å². The average molecular weight is 446 g/mol. The first-order valence-electron chi connectivity index (χ1n) is 8.16. The summed E-state index contributed by atoms with van der Waals surface area (Å²) in [6.07, 6.45) is 1.58. The topological polar surface area (TPSA) is 83.4 Å². The van der Waals surface area contributed by atoms with Gasteiger partial charge < -0.3 is 18.9 Å². The predicted octanol–water partition coefficient (Wildman–Crippen LogP) is 3.35. The number of esters is 2. The first kappa shape index (κ1) is 19.6. The van der Waals surface area contributed by atoms with E-state index in [0.717, 1.165) is 4.47 Å². The van der Waals surface area contributed by atoms with Crippen molar-refractivity contribution in [2.45, 2.75) is 0 Å². The molecule has 0 bridgehead atoms. The second kappa shape index (κ2) is 8.71. The molecule has 144 valence electrons. The molecule has 28 heavy (non-hydrogen) atoms. The number of methoxy groups -OCH3 is 2. The van der Waals surface area contributed by atoms with E-state index in [1.54, 1.807) is 36.4 Å². The van der Waals surface area contributed by atoms with Crippen LogP contribution in [0, 0.1) is 0 Å². The molecular weight excluding hydrogens is 430 g/mol. The van der Waals surface area contributed by atoms with E-state index in [9.17, 15) is 9.59 Å². The molecule has 1 aliphatic rings. The molecule has 1 aliphatic heterocycles. The highest BCUT2D eigenvalue weighted by atomic mass is 79.9. The number of halogens is 1. The number of carbonyl (C=O) groups excluding carboxylic acids is 2. The fourth-order valence-corrected chi connectivity index (χ4v) is 2.64. The van der Waals surface area contributed by atoms with Gasteiger partial charge in [-0.2, -0.15) is 0 Å². The van der Waals surface area contributed by atoms with E-state index < -0.39 is 11.9 Å². The highest BCUT2D eigenvalue weighted by Crippen LogP contribution is 2.30. The lowest BCUT2D eigenvalue weighted by Crippen LogP contribution is -2.12. The van der Waals surface area contributed by atoms with Crippen molar-refractivity contribution in [1.29, 1.82) is 0 Å². The van der Waals surface area contributed by atoms with E-state index in [1.165, 1.54) is 14.2 Å². The number of ether oxygens (including phenoxy) is 4. The Hall–Kier alpha value is -3.13. The van der Waals surface area contributed by atoms with E-state index in [4.69, 9.17) is 14.2 Å². The van der Waals surface area contributed by atoms with Gasteiger partial charge in [-0.3, -0.25) is 0 Å². The Bertz CT molecular complexity index is 965. The van der Waals surface area contributed by atoms with E-state index >= 15 is 0 Å². The number of cyclic esters (lactones) is 1. The van der Waals surface area contributed by atoms with Crippen molar-refractivity contribution in [1.82, 2.24) is 0 Å². The molecule has 2 aromatic rings. The molecule has 7 nitrogen and oxygen atoms in total. The van der Waals surface area contributed by atoms with Gasteiger partial charge in [0.05, 0.1) is 14.2 Å². The SMILES string of the molecule is COC(=O)COc1ccc(/C=C2\N=C(c3ccc(Br)cc3)OC2=O)cc1OC. The lowest BCUT2D eigenvalue weighted by molar-refractivity contribution is -0.143. The molecule has 1 heterocycles. The molecule has 0 N–H and O–H groups in total. The molecule has 0 saturated heterocycles. The Kier molecular flexibility index (Phi) is 6.10. The van der Waals surface area contributed by atoms with Crippen molar-refractivity contribution in [3.8, 4) is 11.5 Å². The van der Waals surface area contributed by atoms with Crippen molar-refractivity contribution in [2.24, 2.45) is 4.99 Å². The number of benzene rings is 2. The van der Waals surface area contributed by atoms with Crippen LogP contribution in [0.25, 0.3) is 6.08 Å². The second-order valence-corrected chi connectivity index (χ2v) is 6.53. The lowest BCUT2D eigenvalue weighted by Gasteiger charge is -2.10. The third-order valence-electron chi connectivity index (χ3n) is 3.78. The zero-order valence-electron chi connectivity index (χ0n) is 15.1. The molecule has 0 spiro atoms. The Morgan fingerprint density at radius 2 is 1.89 bits per heavy atom. The smallest absolute Gasteiger partial charge is 0.363 e. The quantitative estimate of drug-likeness (QED) is 0.500. The largest absolute Gasteiger partial charge is 0.493 e. The van der Waals surface area contributed by atoms with Gasteiger partial charge in [0.1, 0.15) is 0 Å². The minimum absolute atomic E-state index is 0.170. The molecule has 0 fully saturated rings. The number of aliphatic imine (C=N–C) groups is 1. The maximum absolute atomic E-state index is 12.1. The van der Waals surface area contributed by atoms with Gasteiger partial charge >= 0.3 is 11.9 Å². The molecule has 0 unspecified atom stereocenters. The highest BCUT2D eigenvalue weighted by molar-refractivity contribution is 9.10. The van der Waals surface area contributed by atoms with Crippen LogP contribution in [0.1, 0.15) is 11.1 Å². The first-order valence-corrected chi connectivity index (χ1v) is 8.95. The molecule has 0 saturated carbocycles. The summed E-state index contributed by atoms with van der Waals surface area (Å²) in [6.45, 7) is -0.236. The molecule has 0 radical (unpaired) electrons. The maximum atomic E-state index is 12.1. The Labute approximate surface area is 169 Å². The monoisotopic (exact) mass is 445 g/mol. The zero-order valence-corrected chi connectivity index (χ0v) is 16.7. The third-order valence-corrected chi connectivity index (χ3v) is 4.30. The number of rotatable bonds is 6. The van der Waals surface area contributed by atoms with Gasteiger partial charge in [-0.05, 0) is 48.0 Å². The van der Waals surface area contributed by atoms with Crippen LogP contribution >= 0.6 is 15.9 Å². The van der Waals surface area contributed by atoms with Crippen LogP contribution < -0.4 is 9.47 Å². The van der Waals surface area contributed by atoms with Gasteiger partial charge in [-0.15, -0.1) is 0 Å². The van der Waals surface area contributed by atoms with E-state index in [-0.39, 0.29) is 18.2 Å². The van der Waals surface area contributed by atoms with Crippen molar-refractivity contribution in [3.63, 3.8) is 0 Å². The fourth-order valence-electron chi connectivity index (χ4n) is 2.37. The van der Waals surface area contributed by atoms with Crippen LogP contribution in [0.3, 0.4) is 0 Å². The summed E-state index contributed by atoms with van der Waals surface area (Å²) in [5.74, 6) is -0.0155. The van der Waals surface area contributed by atoms with Gasteiger partial charge in [0, 0.05) is 10.0 Å². The van der Waals surface area contributed by atoms with Crippen molar-refractivity contribution < 1.29 is 28.5 Å². The number of hydrogen-bond acceptors (Lipinski definition) is 7. The Balaban J connectivity index is 1.83. The van der Waals surface area contributed by atoms with E-state index in [2.05, 4.69) is 25.7 Å². The molecule has 0 atom stereocenters. The van der Waals surface area contributed by atoms with Crippen molar-refractivity contribution >= 4 is 39.8 Å². The van der Waals surface area contributed by atoms with Crippen LogP contribution in [-0.2, 0) is 19.1 Å². The zero-order chi connectivity index (χ0) is 20.1. The summed E-state index contributed by atoms with van der Waals surface area (Å²) in [4.78, 5) is 27.6. The van der Waals surface area contributed by atoms with E-state index in [0.29, 0.717) is 22.6 Å². The predicted molar refractivity (Wildman–Crippen MR) is 105 cm³/mol. The van der Waals surface area contributed by atoms with Gasteiger partial charge in [0.15, 0.2) is 23.8 Å². The summed E-state index contributed by atoms with van der Waals surface area (Å²) in [7, 11) is 2.76. The summed E-state index contributed by atoms with van der Waals surface area (Å²) >= 11 is 3.36. The van der Waals surface area contributed by atoms with E-state index in [1.807, 2.05) is 12.1 Å². The maximum Gasteiger partial charge on any atom is 0.363 e. The van der Waals surface area contributed by atoms with Crippen LogP contribution in [0.5, 0.6) is 11.5 Å². The van der Waals surface area contributed by atoms with Crippen LogP contribution in [0.4, 0.5) is 0 Å². The molecule has 8 heteroatoms. The summed E-state index contributed by atoms with van der Waals surface area (Å²) < 4.78 is 21.4. The molecule has 0 aromatic heterocycles. The summed E-state index contributed by atoms with van der Waals surface area (Å²) in [5.41, 5.74) is 1.53. The van der Waals surface area contributed by atoms with Gasteiger partial charge in [0.25, 0.3) is 0 Å². The summed E-state index contributed by atoms with van der Waals surface area (Å²) in [5, 5.41) is 0.